The van der Waals surface area contributed by atoms with Crippen LogP contribution in [0.15, 0.2) is 0 Å². The van der Waals surface area contributed by atoms with Gasteiger partial charge < -0.3 is 15.0 Å². The lowest BCUT2D eigenvalue weighted by atomic mass is 9.88. The van der Waals surface area contributed by atoms with Crippen molar-refractivity contribution in [2.24, 2.45) is 5.41 Å². The lowest BCUT2D eigenvalue weighted by Gasteiger charge is -2.22. The lowest BCUT2D eigenvalue weighted by molar-refractivity contribution is 0.00983. The van der Waals surface area contributed by atoms with Gasteiger partial charge in [0.15, 0.2) is 0 Å². The van der Waals surface area contributed by atoms with E-state index in [2.05, 4.69) is 29.1 Å². The van der Waals surface area contributed by atoms with Crippen LogP contribution in [0, 0.1) is 5.41 Å². The number of aromatic amines is 1. The normalized spacial score (nSPS) is 29.7. The molecule has 3 rings (SSSR count). The Hall–Kier alpha value is -1.36. The molecule has 0 bridgehead atoms. The molecule has 1 atom stereocenters. The second-order valence-electron chi connectivity index (χ2n) is 6.62. The first-order valence-electron chi connectivity index (χ1n) is 6.91. The van der Waals surface area contributed by atoms with Crippen LogP contribution in [-0.4, -0.2) is 29.0 Å². The van der Waals surface area contributed by atoms with Crippen LogP contribution in [0.1, 0.15) is 55.6 Å². The number of aromatic nitrogens is 2. The van der Waals surface area contributed by atoms with Crippen molar-refractivity contribution in [1.82, 2.24) is 15.3 Å². The Balaban J connectivity index is 2.00. The van der Waals surface area contributed by atoms with Crippen molar-refractivity contribution in [2.75, 3.05) is 13.2 Å². The number of ether oxygens (including phenoxy) is 1. The molecule has 0 saturated carbocycles. The molecule has 3 heterocycles. The molecule has 1 aromatic heterocycles. The summed E-state index contributed by atoms with van der Waals surface area (Å²) in [5.41, 5.74) is 1.16. The summed E-state index contributed by atoms with van der Waals surface area (Å²) in [6.07, 6.45) is 2.81. The van der Waals surface area contributed by atoms with Crippen LogP contribution in [0.25, 0.3) is 0 Å². The van der Waals surface area contributed by atoms with Crippen LogP contribution in [0.4, 0.5) is 0 Å². The van der Waals surface area contributed by atoms with E-state index < -0.39 is 0 Å². The first-order valence-corrected chi connectivity index (χ1v) is 6.91. The summed E-state index contributed by atoms with van der Waals surface area (Å²) in [5, 5.41) is 2.95. The number of nitrogens with one attached hydrogen (secondary N) is 2. The van der Waals surface area contributed by atoms with Gasteiger partial charge in [0.25, 0.3) is 5.91 Å². The predicted molar refractivity (Wildman–Crippen MR) is 70.9 cm³/mol. The second-order valence-corrected chi connectivity index (χ2v) is 6.62. The quantitative estimate of drug-likeness (QED) is 0.811. The van der Waals surface area contributed by atoms with Gasteiger partial charge in [0.2, 0.25) is 0 Å². The fourth-order valence-electron chi connectivity index (χ4n) is 2.89. The van der Waals surface area contributed by atoms with Crippen LogP contribution in [0.3, 0.4) is 0 Å². The number of hydrogen-bond donors (Lipinski definition) is 2. The van der Waals surface area contributed by atoms with Crippen LogP contribution in [-0.2, 0) is 16.8 Å². The smallest absolute Gasteiger partial charge is 0.271 e. The zero-order valence-electron chi connectivity index (χ0n) is 11.8. The van der Waals surface area contributed by atoms with E-state index in [1.165, 1.54) is 0 Å². The SMILES string of the molecule is CC1(C)CNC(=O)c2nc([C@@]3(C)CCCO3)[nH]c2C1. The summed E-state index contributed by atoms with van der Waals surface area (Å²) in [6.45, 7) is 7.78. The monoisotopic (exact) mass is 263 g/mol. The second kappa shape index (κ2) is 4.07. The van der Waals surface area contributed by atoms with Gasteiger partial charge in [-0.1, -0.05) is 13.8 Å². The molecule has 19 heavy (non-hydrogen) atoms. The molecule has 2 aliphatic heterocycles. The summed E-state index contributed by atoms with van der Waals surface area (Å²) in [7, 11) is 0. The molecular weight excluding hydrogens is 242 g/mol. The molecule has 0 spiro atoms. The topological polar surface area (TPSA) is 67.0 Å². The number of hydrogen-bond acceptors (Lipinski definition) is 3. The highest BCUT2D eigenvalue weighted by atomic mass is 16.5. The number of H-pyrrole nitrogens is 1. The van der Waals surface area contributed by atoms with Crippen molar-refractivity contribution < 1.29 is 9.53 Å². The van der Waals surface area contributed by atoms with Gasteiger partial charge in [-0.15, -0.1) is 0 Å². The Morgan fingerprint density at radius 1 is 1.32 bits per heavy atom. The van der Waals surface area contributed by atoms with Gasteiger partial charge in [0, 0.05) is 18.8 Å². The fraction of sp³-hybridized carbons (Fsp3) is 0.714. The molecule has 5 nitrogen and oxygen atoms in total. The van der Waals surface area contributed by atoms with Crippen molar-refractivity contribution >= 4 is 5.91 Å². The molecule has 0 aliphatic carbocycles. The van der Waals surface area contributed by atoms with Crippen molar-refractivity contribution in [2.45, 2.75) is 45.6 Å². The molecule has 2 aliphatic rings. The van der Waals surface area contributed by atoms with Gasteiger partial charge >= 0.3 is 0 Å². The van der Waals surface area contributed by atoms with E-state index in [0.29, 0.717) is 12.2 Å². The van der Waals surface area contributed by atoms with E-state index in [1.807, 2.05) is 6.92 Å². The number of nitrogens with zero attached hydrogens (tertiary/aromatic N) is 1. The molecule has 0 aromatic carbocycles. The number of carbonyl (C=O) groups excluding carboxylic acids is 1. The number of imidazole rings is 1. The maximum Gasteiger partial charge on any atom is 0.271 e. The molecule has 2 N–H and O–H groups in total. The maximum absolute atomic E-state index is 12.1. The van der Waals surface area contributed by atoms with Gasteiger partial charge in [0.05, 0.1) is 0 Å². The summed E-state index contributed by atoms with van der Waals surface area (Å²) < 4.78 is 5.80. The molecule has 1 aromatic rings. The molecular formula is C14H21N3O2. The fourth-order valence-corrected chi connectivity index (χ4v) is 2.89. The van der Waals surface area contributed by atoms with Crippen LogP contribution < -0.4 is 5.32 Å². The number of rotatable bonds is 1. The van der Waals surface area contributed by atoms with Crippen molar-refractivity contribution in [3.63, 3.8) is 0 Å². The van der Waals surface area contributed by atoms with Gasteiger partial charge in [-0.2, -0.15) is 0 Å². The third kappa shape index (κ3) is 2.16. The van der Waals surface area contributed by atoms with Crippen LogP contribution >= 0.6 is 0 Å². The van der Waals surface area contributed by atoms with Crippen LogP contribution in [0.5, 0.6) is 0 Å². The zero-order chi connectivity index (χ0) is 13.7. The van der Waals surface area contributed by atoms with Gasteiger partial charge in [-0.3, -0.25) is 4.79 Å². The first kappa shape index (κ1) is 12.7. The highest BCUT2D eigenvalue weighted by Gasteiger charge is 2.38. The summed E-state index contributed by atoms with van der Waals surface area (Å²) in [6, 6.07) is 0. The first-order chi connectivity index (χ1) is 8.90. The summed E-state index contributed by atoms with van der Waals surface area (Å²) >= 11 is 0. The van der Waals surface area contributed by atoms with Crippen molar-refractivity contribution in [3.05, 3.63) is 17.2 Å². The van der Waals surface area contributed by atoms with E-state index in [9.17, 15) is 4.79 Å². The Labute approximate surface area is 113 Å². The van der Waals surface area contributed by atoms with E-state index in [0.717, 1.165) is 37.4 Å². The molecule has 0 unspecified atom stereocenters. The Morgan fingerprint density at radius 3 is 2.79 bits per heavy atom. The Morgan fingerprint density at radius 2 is 2.11 bits per heavy atom. The predicted octanol–water partition coefficient (Wildman–Crippen LogP) is 1.75. The Bertz CT molecular complexity index is 513. The largest absolute Gasteiger partial charge is 0.367 e. The average molecular weight is 263 g/mol. The third-order valence-electron chi connectivity index (χ3n) is 4.10. The highest BCUT2D eigenvalue weighted by Crippen LogP contribution is 2.35. The zero-order valence-corrected chi connectivity index (χ0v) is 11.8. The van der Waals surface area contributed by atoms with Gasteiger partial charge in [-0.25, -0.2) is 4.98 Å². The minimum atomic E-state index is -0.364. The maximum atomic E-state index is 12.1. The molecule has 1 saturated heterocycles. The third-order valence-corrected chi connectivity index (χ3v) is 4.10. The Kier molecular flexibility index (Phi) is 2.71. The lowest BCUT2D eigenvalue weighted by Crippen LogP contribution is -2.32. The highest BCUT2D eigenvalue weighted by molar-refractivity contribution is 5.94. The van der Waals surface area contributed by atoms with E-state index in [1.54, 1.807) is 0 Å². The van der Waals surface area contributed by atoms with E-state index >= 15 is 0 Å². The minimum Gasteiger partial charge on any atom is -0.367 e. The average Bonchev–Trinajstić information content (AvgIpc) is 2.91. The van der Waals surface area contributed by atoms with Gasteiger partial charge in [-0.05, 0) is 31.6 Å². The molecule has 0 radical (unpaired) electrons. The molecule has 104 valence electrons. The standard InChI is InChI=1S/C14H21N3O2/c1-13(2)7-9-10(11(18)15-8-13)17-12(16-9)14(3)5-4-6-19-14/h4-8H2,1-3H3,(H,15,18)(H,16,17)/t14-/m1/s1. The molecule has 5 heteroatoms. The van der Waals surface area contributed by atoms with Crippen molar-refractivity contribution in [1.29, 1.82) is 0 Å². The number of amides is 1. The van der Waals surface area contributed by atoms with E-state index in [-0.39, 0.29) is 16.9 Å². The van der Waals surface area contributed by atoms with E-state index in [4.69, 9.17) is 4.74 Å². The minimum absolute atomic E-state index is 0.0438. The van der Waals surface area contributed by atoms with Gasteiger partial charge in [0.1, 0.15) is 17.1 Å². The van der Waals surface area contributed by atoms with Crippen LogP contribution in [0.2, 0.25) is 0 Å². The van der Waals surface area contributed by atoms with Crippen molar-refractivity contribution in [3.8, 4) is 0 Å². The molecule has 1 amide bonds. The number of fused-ring (bicyclic) bond motifs is 1. The summed E-state index contributed by atoms with van der Waals surface area (Å²) in [5.74, 6) is 0.715. The molecule has 1 fully saturated rings. The number of carbonyl (C=O) groups is 1. The summed E-state index contributed by atoms with van der Waals surface area (Å²) in [4.78, 5) is 20.0.